The van der Waals surface area contributed by atoms with Gasteiger partial charge in [0.2, 0.25) is 0 Å². The maximum absolute atomic E-state index is 4.79. The van der Waals surface area contributed by atoms with Crippen LogP contribution in [0.4, 0.5) is 0 Å². The van der Waals surface area contributed by atoms with Crippen LogP contribution in [-0.4, -0.2) is 12.0 Å². The third-order valence-corrected chi connectivity index (χ3v) is 3.64. The molecule has 0 saturated carbocycles. The molecule has 1 heterocycles. The Labute approximate surface area is 115 Å². The average molecular weight is 254 g/mol. The zero-order valence-corrected chi connectivity index (χ0v) is 12.0. The van der Waals surface area contributed by atoms with E-state index in [-0.39, 0.29) is 6.04 Å². The van der Waals surface area contributed by atoms with Gasteiger partial charge in [0.25, 0.3) is 0 Å². The predicted molar refractivity (Wildman–Crippen MR) is 82.3 cm³/mol. The highest BCUT2D eigenvalue weighted by Crippen LogP contribution is 2.24. The first kappa shape index (κ1) is 13.8. The highest BCUT2D eigenvalue weighted by molar-refractivity contribution is 5.82. The second kappa shape index (κ2) is 5.98. The van der Waals surface area contributed by atoms with Gasteiger partial charge in [0.15, 0.2) is 0 Å². The SMILES string of the molecule is C=C(CC)CC(NC)c1cc(C)c2ccccc2n1. The van der Waals surface area contributed by atoms with Crippen LogP contribution >= 0.6 is 0 Å². The second-order valence-corrected chi connectivity index (χ2v) is 5.03. The molecular formula is C17H22N2. The molecule has 0 bridgehead atoms. The molecule has 0 aliphatic rings. The minimum Gasteiger partial charge on any atom is -0.311 e. The predicted octanol–water partition coefficient (Wildman–Crippen LogP) is 4.16. The molecule has 19 heavy (non-hydrogen) atoms. The molecule has 1 N–H and O–H groups in total. The molecule has 1 aromatic heterocycles. The third-order valence-electron chi connectivity index (χ3n) is 3.64. The number of rotatable bonds is 5. The van der Waals surface area contributed by atoms with E-state index in [1.165, 1.54) is 16.5 Å². The normalized spacial score (nSPS) is 12.6. The molecule has 100 valence electrons. The van der Waals surface area contributed by atoms with Gasteiger partial charge in [0.05, 0.1) is 17.3 Å². The molecule has 0 radical (unpaired) electrons. The van der Waals surface area contributed by atoms with E-state index in [0.717, 1.165) is 24.1 Å². The molecule has 2 heteroatoms. The Morgan fingerprint density at radius 3 is 2.79 bits per heavy atom. The highest BCUT2D eigenvalue weighted by atomic mass is 14.9. The van der Waals surface area contributed by atoms with E-state index in [9.17, 15) is 0 Å². The van der Waals surface area contributed by atoms with Gasteiger partial charge >= 0.3 is 0 Å². The summed E-state index contributed by atoms with van der Waals surface area (Å²) in [4.78, 5) is 4.79. The van der Waals surface area contributed by atoms with Crippen LogP contribution in [0.25, 0.3) is 10.9 Å². The lowest BCUT2D eigenvalue weighted by atomic mass is 10.00. The van der Waals surface area contributed by atoms with Crippen molar-refractivity contribution in [3.63, 3.8) is 0 Å². The van der Waals surface area contributed by atoms with Crippen LogP contribution in [0.15, 0.2) is 42.5 Å². The smallest absolute Gasteiger partial charge is 0.0708 e. The lowest BCUT2D eigenvalue weighted by Crippen LogP contribution is -2.18. The standard InChI is InChI=1S/C17H22N2/c1-5-12(2)10-16(18-4)17-11-13(3)14-8-6-7-9-15(14)19-17/h6-9,11,16,18H,2,5,10H2,1,3-4H3. The maximum atomic E-state index is 4.79. The number of fused-ring (bicyclic) bond motifs is 1. The minimum absolute atomic E-state index is 0.246. The number of nitrogens with zero attached hydrogens (tertiary/aromatic N) is 1. The first-order valence-electron chi connectivity index (χ1n) is 6.86. The summed E-state index contributed by atoms with van der Waals surface area (Å²) in [5.74, 6) is 0. The number of aryl methyl sites for hydroxylation is 1. The van der Waals surface area contributed by atoms with Crippen molar-refractivity contribution in [1.29, 1.82) is 0 Å². The molecule has 0 fully saturated rings. The van der Waals surface area contributed by atoms with Crippen molar-refractivity contribution in [3.05, 3.63) is 53.7 Å². The Hall–Kier alpha value is -1.67. The van der Waals surface area contributed by atoms with Gasteiger partial charge in [-0.1, -0.05) is 37.3 Å². The molecule has 0 amide bonds. The first-order chi connectivity index (χ1) is 9.15. The largest absolute Gasteiger partial charge is 0.311 e. The fourth-order valence-corrected chi connectivity index (χ4v) is 2.34. The maximum Gasteiger partial charge on any atom is 0.0708 e. The first-order valence-corrected chi connectivity index (χ1v) is 6.86. The van der Waals surface area contributed by atoms with Crippen LogP contribution < -0.4 is 5.32 Å². The van der Waals surface area contributed by atoms with E-state index in [4.69, 9.17) is 4.98 Å². The second-order valence-electron chi connectivity index (χ2n) is 5.03. The Kier molecular flexibility index (Phi) is 4.33. The number of aromatic nitrogens is 1. The van der Waals surface area contributed by atoms with E-state index in [1.807, 2.05) is 13.1 Å². The topological polar surface area (TPSA) is 24.9 Å². The number of pyridine rings is 1. The lowest BCUT2D eigenvalue weighted by Gasteiger charge is -2.18. The van der Waals surface area contributed by atoms with Gasteiger partial charge in [-0.2, -0.15) is 0 Å². The number of benzene rings is 1. The Morgan fingerprint density at radius 2 is 2.11 bits per heavy atom. The molecular weight excluding hydrogens is 232 g/mol. The zero-order valence-electron chi connectivity index (χ0n) is 12.0. The molecule has 0 saturated heterocycles. The lowest BCUT2D eigenvalue weighted by molar-refractivity contribution is 0.569. The van der Waals surface area contributed by atoms with Gasteiger partial charge in [-0.05, 0) is 44.5 Å². The summed E-state index contributed by atoms with van der Waals surface area (Å²) < 4.78 is 0. The summed E-state index contributed by atoms with van der Waals surface area (Å²) in [6.07, 6.45) is 1.96. The summed E-state index contributed by atoms with van der Waals surface area (Å²) in [5.41, 5.74) is 4.71. The van der Waals surface area contributed by atoms with Crippen LogP contribution in [0.3, 0.4) is 0 Å². The van der Waals surface area contributed by atoms with E-state index in [2.05, 4.69) is 50.0 Å². The highest BCUT2D eigenvalue weighted by Gasteiger charge is 2.13. The van der Waals surface area contributed by atoms with Gasteiger partial charge in [-0.15, -0.1) is 0 Å². The number of hydrogen-bond acceptors (Lipinski definition) is 2. The fourth-order valence-electron chi connectivity index (χ4n) is 2.34. The third kappa shape index (κ3) is 3.02. The summed E-state index contributed by atoms with van der Waals surface area (Å²) in [7, 11) is 1.99. The summed E-state index contributed by atoms with van der Waals surface area (Å²) in [6.45, 7) is 8.40. The molecule has 2 nitrogen and oxygen atoms in total. The number of nitrogens with one attached hydrogen (secondary N) is 1. The van der Waals surface area contributed by atoms with Gasteiger partial charge in [0, 0.05) is 5.39 Å². The quantitative estimate of drug-likeness (QED) is 0.810. The minimum atomic E-state index is 0.246. The van der Waals surface area contributed by atoms with E-state index in [1.54, 1.807) is 0 Å². The Morgan fingerprint density at radius 1 is 1.37 bits per heavy atom. The van der Waals surface area contributed by atoms with Crippen molar-refractivity contribution < 1.29 is 0 Å². The molecule has 1 atom stereocenters. The molecule has 0 aliphatic carbocycles. The zero-order chi connectivity index (χ0) is 13.8. The van der Waals surface area contributed by atoms with Gasteiger partial charge < -0.3 is 5.32 Å². The van der Waals surface area contributed by atoms with E-state index < -0.39 is 0 Å². The molecule has 2 rings (SSSR count). The summed E-state index contributed by atoms with van der Waals surface area (Å²) in [5, 5.41) is 4.58. The van der Waals surface area contributed by atoms with Crippen molar-refractivity contribution in [2.75, 3.05) is 7.05 Å². The fraction of sp³-hybridized carbons (Fsp3) is 0.353. The van der Waals surface area contributed by atoms with Crippen LogP contribution in [0.5, 0.6) is 0 Å². The average Bonchev–Trinajstić information content (AvgIpc) is 2.44. The molecule has 1 aromatic carbocycles. The van der Waals surface area contributed by atoms with Crippen molar-refractivity contribution in [2.24, 2.45) is 0 Å². The molecule has 2 aromatic rings. The van der Waals surface area contributed by atoms with Crippen molar-refractivity contribution in [1.82, 2.24) is 10.3 Å². The number of para-hydroxylation sites is 1. The molecule has 0 aliphatic heterocycles. The van der Waals surface area contributed by atoms with E-state index in [0.29, 0.717) is 0 Å². The van der Waals surface area contributed by atoms with Crippen LogP contribution in [-0.2, 0) is 0 Å². The molecule has 1 unspecified atom stereocenters. The monoisotopic (exact) mass is 254 g/mol. The van der Waals surface area contributed by atoms with Crippen molar-refractivity contribution in [2.45, 2.75) is 32.7 Å². The van der Waals surface area contributed by atoms with Gasteiger partial charge in [-0.25, -0.2) is 0 Å². The van der Waals surface area contributed by atoms with Crippen LogP contribution in [0.2, 0.25) is 0 Å². The summed E-state index contributed by atoms with van der Waals surface area (Å²) >= 11 is 0. The molecule has 0 spiro atoms. The Balaban J connectivity index is 2.40. The van der Waals surface area contributed by atoms with Crippen LogP contribution in [0, 0.1) is 6.92 Å². The van der Waals surface area contributed by atoms with E-state index >= 15 is 0 Å². The van der Waals surface area contributed by atoms with Gasteiger partial charge in [0.1, 0.15) is 0 Å². The summed E-state index contributed by atoms with van der Waals surface area (Å²) in [6, 6.07) is 10.7. The Bertz CT molecular complexity index is 587. The number of hydrogen-bond donors (Lipinski definition) is 1. The van der Waals surface area contributed by atoms with Crippen molar-refractivity contribution in [3.8, 4) is 0 Å². The van der Waals surface area contributed by atoms with Gasteiger partial charge in [-0.3, -0.25) is 4.98 Å². The van der Waals surface area contributed by atoms with Crippen LogP contribution in [0.1, 0.15) is 37.1 Å². The van der Waals surface area contributed by atoms with Crippen molar-refractivity contribution >= 4 is 10.9 Å².